The molecule has 0 aromatic rings. The minimum atomic E-state index is -0.0637. The van der Waals surface area contributed by atoms with Crippen LogP contribution in [0.5, 0.6) is 0 Å². The van der Waals surface area contributed by atoms with Crippen molar-refractivity contribution in [2.45, 2.75) is 0 Å². The summed E-state index contributed by atoms with van der Waals surface area (Å²) in [7, 11) is 0. The van der Waals surface area contributed by atoms with Crippen molar-refractivity contribution >= 4 is 5.78 Å². The highest BCUT2D eigenvalue weighted by Gasteiger charge is 2.00. The van der Waals surface area contributed by atoms with E-state index >= 15 is 0 Å². The summed E-state index contributed by atoms with van der Waals surface area (Å²) in [5.41, 5.74) is 0. The van der Waals surface area contributed by atoms with Gasteiger partial charge in [-0.1, -0.05) is 0 Å². The molecule has 3 heteroatoms. The first kappa shape index (κ1) is 4.33. The third-order valence-electron chi connectivity index (χ3n) is 0.579. The predicted octanol–water partition coefficient (Wildman–Crippen LogP) is 0.0310. The Morgan fingerprint density at radius 1 is 1.71 bits per heavy atom. The molecule has 7 heavy (non-hydrogen) atoms. The summed E-state index contributed by atoms with van der Waals surface area (Å²) < 4.78 is 0. The Labute approximate surface area is 40.5 Å². The normalized spacial score (nSPS) is 19.1. The zero-order valence-electron chi connectivity index (χ0n) is 3.59. The molecule has 38 valence electrons. The minimum absolute atomic E-state index is 0.0382. The molecule has 0 unspecified atom stereocenters. The van der Waals surface area contributed by atoms with Gasteiger partial charge in [0.05, 0.1) is 0 Å². The van der Waals surface area contributed by atoms with E-state index in [1.165, 1.54) is 12.3 Å². The summed E-state index contributed by atoms with van der Waals surface area (Å²) in [5, 5.41) is 0. The summed E-state index contributed by atoms with van der Waals surface area (Å²) in [6, 6.07) is 0. The van der Waals surface area contributed by atoms with E-state index in [2.05, 4.69) is 9.78 Å². The highest BCUT2D eigenvalue weighted by atomic mass is 17.2. The first-order valence-electron chi connectivity index (χ1n) is 1.87. The summed E-state index contributed by atoms with van der Waals surface area (Å²) in [6.45, 7) is 0.0382. The van der Waals surface area contributed by atoms with Crippen LogP contribution in [0.15, 0.2) is 12.3 Å². The average molecular weight is 100 g/mol. The fourth-order valence-electron chi connectivity index (χ4n) is 0.283. The predicted molar refractivity (Wildman–Crippen MR) is 21.2 cm³/mol. The number of hydrogen-bond donors (Lipinski definition) is 0. The van der Waals surface area contributed by atoms with Crippen LogP contribution in [0.2, 0.25) is 0 Å². The molecule has 0 saturated carbocycles. The van der Waals surface area contributed by atoms with Gasteiger partial charge >= 0.3 is 0 Å². The third-order valence-corrected chi connectivity index (χ3v) is 0.579. The van der Waals surface area contributed by atoms with Gasteiger partial charge in [0.2, 0.25) is 0 Å². The van der Waals surface area contributed by atoms with E-state index in [9.17, 15) is 4.79 Å². The van der Waals surface area contributed by atoms with E-state index in [0.29, 0.717) is 0 Å². The maximum absolute atomic E-state index is 10.2. The Balaban J connectivity index is 2.51. The van der Waals surface area contributed by atoms with Gasteiger partial charge in [0.25, 0.3) is 0 Å². The quantitative estimate of drug-likeness (QED) is 0.403. The maximum atomic E-state index is 10.2. The third kappa shape index (κ3) is 1.01. The zero-order chi connectivity index (χ0) is 5.11. The molecule has 0 aliphatic carbocycles. The van der Waals surface area contributed by atoms with Gasteiger partial charge in [0.15, 0.2) is 12.4 Å². The van der Waals surface area contributed by atoms with Gasteiger partial charge in [-0.3, -0.25) is 4.79 Å². The van der Waals surface area contributed by atoms with Crippen LogP contribution in [0.25, 0.3) is 0 Å². The van der Waals surface area contributed by atoms with Gasteiger partial charge in [0.1, 0.15) is 6.26 Å². The SMILES string of the molecule is O=C1C=COOC1. The smallest absolute Gasteiger partial charge is 0.188 e. The first-order valence-corrected chi connectivity index (χ1v) is 1.87. The van der Waals surface area contributed by atoms with Gasteiger partial charge in [0, 0.05) is 6.08 Å². The fourth-order valence-corrected chi connectivity index (χ4v) is 0.283. The molecule has 1 aliphatic rings. The Bertz CT molecular complexity index is 106. The van der Waals surface area contributed by atoms with Crippen molar-refractivity contribution in [3.63, 3.8) is 0 Å². The van der Waals surface area contributed by atoms with Crippen molar-refractivity contribution in [1.29, 1.82) is 0 Å². The number of ketones is 1. The molecule has 0 bridgehead atoms. The van der Waals surface area contributed by atoms with E-state index in [1.54, 1.807) is 0 Å². The molecule has 3 nitrogen and oxygen atoms in total. The summed E-state index contributed by atoms with van der Waals surface area (Å²) >= 11 is 0. The minimum Gasteiger partial charge on any atom is -0.345 e. The molecule has 1 aliphatic heterocycles. The van der Waals surface area contributed by atoms with Gasteiger partial charge < -0.3 is 4.89 Å². The van der Waals surface area contributed by atoms with Gasteiger partial charge in [-0.15, -0.1) is 0 Å². The van der Waals surface area contributed by atoms with Crippen LogP contribution in [-0.2, 0) is 14.6 Å². The Kier molecular flexibility index (Phi) is 1.08. The second kappa shape index (κ2) is 1.75. The first-order chi connectivity index (χ1) is 3.39. The molecular weight excluding hydrogens is 96.0 g/mol. The Hall–Kier alpha value is -0.830. The summed E-state index contributed by atoms with van der Waals surface area (Å²) in [6.07, 6.45) is 2.54. The Morgan fingerprint density at radius 3 is 2.86 bits per heavy atom. The lowest BCUT2D eigenvalue weighted by atomic mass is 10.4. The van der Waals surface area contributed by atoms with Crippen molar-refractivity contribution < 1.29 is 14.6 Å². The monoisotopic (exact) mass is 100 g/mol. The molecule has 0 aromatic carbocycles. The van der Waals surface area contributed by atoms with E-state index in [0.717, 1.165) is 0 Å². The molecule has 1 heterocycles. The molecule has 0 fully saturated rings. The topological polar surface area (TPSA) is 35.5 Å². The summed E-state index contributed by atoms with van der Waals surface area (Å²) in [4.78, 5) is 18.7. The molecule has 1 rings (SSSR count). The molecule has 0 atom stereocenters. The maximum Gasteiger partial charge on any atom is 0.188 e. The van der Waals surface area contributed by atoms with Crippen molar-refractivity contribution in [2.24, 2.45) is 0 Å². The van der Waals surface area contributed by atoms with Crippen molar-refractivity contribution in [3.8, 4) is 0 Å². The van der Waals surface area contributed by atoms with Crippen LogP contribution in [0.1, 0.15) is 0 Å². The van der Waals surface area contributed by atoms with Crippen LogP contribution < -0.4 is 0 Å². The van der Waals surface area contributed by atoms with Crippen LogP contribution >= 0.6 is 0 Å². The van der Waals surface area contributed by atoms with E-state index in [1.807, 2.05) is 0 Å². The van der Waals surface area contributed by atoms with Crippen LogP contribution in [0.3, 0.4) is 0 Å². The fraction of sp³-hybridized carbons (Fsp3) is 0.250. The highest BCUT2D eigenvalue weighted by molar-refractivity contribution is 5.90. The van der Waals surface area contributed by atoms with Crippen molar-refractivity contribution in [1.82, 2.24) is 0 Å². The van der Waals surface area contributed by atoms with Crippen molar-refractivity contribution in [3.05, 3.63) is 12.3 Å². The average Bonchev–Trinajstić information content (AvgIpc) is 1.69. The van der Waals surface area contributed by atoms with E-state index < -0.39 is 0 Å². The summed E-state index contributed by atoms with van der Waals surface area (Å²) in [5.74, 6) is -0.0637. The Morgan fingerprint density at radius 2 is 2.57 bits per heavy atom. The second-order valence-electron chi connectivity index (χ2n) is 1.13. The molecule has 0 spiro atoms. The van der Waals surface area contributed by atoms with Crippen LogP contribution in [0.4, 0.5) is 0 Å². The van der Waals surface area contributed by atoms with Crippen LogP contribution in [-0.4, -0.2) is 12.4 Å². The number of carbonyl (C=O) groups is 1. The second-order valence-corrected chi connectivity index (χ2v) is 1.13. The lowest BCUT2D eigenvalue weighted by Gasteiger charge is -2.00. The van der Waals surface area contributed by atoms with Gasteiger partial charge in [-0.05, 0) is 0 Å². The standard InChI is InChI=1S/C4H4O3/c5-4-1-2-6-7-3-4/h1-2H,3H2. The van der Waals surface area contributed by atoms with Gasteiger partial charge in [-0.2, -0.15) is 4.89 Å². The molecule has 0 aromatic heterocycles. The molecule has 0 N–H and O–H groups in total. The molecule has 0 amide bonds. The van der Waals surface area contributed by atoms with Gasteiger partial charge in [-0.25, -0.2) is 0 Å². The van der Waals surface area contributed by atoms with E-state index in [4.69, 9.17) is 0 Å². The zero-order valence-corrected chi connectivity index (χ0v) is 3.59. The number of rotatable bonds is 0. The molecular formula is C4H4O3. The van der Waals surface area contributed by atoms with Crippen LogP contribution in [0, 0.1) is 0 Å². The highest BCUT2D eigenvalue weighted by Crippen LogP contribution is 1.90. The lowest BCUT2D eigenvalue weighted by Crippen LogP contribution is -2.08. The largest absolute Gasteiger partial charge is 0.345 e. The number of hydrogen-bond acceptors (Lipinski definition) is 3. The molecule has 0 radical (unpaired) electrons. The van der Waals surface area contributed by atoms with Crippen molar-refractivity contribution in [2.75, 3.05) is 6.61 Å². The molecule has 0 saturated heterocycles. The number of carbonyl (C=O) groups excluding carboxylic acids is 1. The lowest BCUT2D eigenvalue weighted by molar-refractivity contribution is -0.248. The van der Waals surface area contributed by atoms with E-state index in [-0.39, 0.29) is 12.4 Å².